The number of benzene rings is 1. The smallest absolute Gasteiger partial charge is 0.365 e. The number of aromatic carboxylic acids is 1. The SMILES string of the molecule is O=C(O)c1nc2cc(O)ccc2s1. The van der Waals surface area contributed by atoms with E-state index in [9.17, 15) is 4.79 Å². The maximum atomic E-state index is 10.5. The Kier molecular flexibility index (Phi) is 1.66. The highest BCUT2D eigenvalue weighted by Gasteiger charge is 2.09. The Morgan fingerprint density at radius 2 is 2.23 bits per heavy atom. The Bertz CT molecular complexity index is 477. The lowest BCUT2D eigenvalue weighted by molar-refractivity contribution is 0.0696. The van der Waals surface area contributed by atoms with Crippen LogP contribution in [0.2, 0.25) is 0 Å². The zero-order valence-electron chi connectivity index (χ0n) is 6.39. The van der Waals surface area contributed by atoms with E-state index >= 15 is 0 Å². The van der Waals surface area contributed by atoms with Gasteiger partial charge in [-0.05, 0) is 12.1 Å². The Morgan fingerprint density at radius 1 is 1.46 bits per heavy atom. The van der Waals surface area contributed by atoms with E-state index in [4.69, 9.17) is 10.2 Å². The van der Waals surface area contributed by atoms with Crippen LogP contribution in [0, 0.1) is 0 Å². The van der Waals surface area contributed by atoms with Gasteiger partial charge in [0.25, 0.3) is 0 Å². The highest BCUT2D eigenvalue weighted by molar-refractivity contribution is 7.20. The molecule has 1 aromatic carbocycles. The van der Waals surface area contributed by atoms with E-state index in [-0.39, 0.29) is 10.8 Å². The first kappa shape index (κ1) is 8.00. The van der Waals surface area contributed by atoms with Crippen LogP contribution < -0.4 is 0 Å². The maximum absolute atomic E-state index is 10.5. The molecular formula is C8H5NO3S. The minimum Gasteiger partial charge on any atom is -0.508 e. The second-order valence-electron chi connectivity index (χ2n) is 2.48. The molecule has 66 valence electrons. The molecule has 0 spiro atoms. The number of rotatable bonds is 1. The fourth-order valence-corrected chi connectivity index (χ4v) is 1.79. The van der Waals surface area contributed by atoms with Crippen LogP contribution in [0.25, 0.3) is 10.2 Å². The quantitative estimate of drug-likeness (QED) is 0.726. The number of phenols is 1. The molecule has 0 aliphatic carbocycles. The Morgan fingerprint density at radius 3 is 2.92 bits per heavy atom. The predicted molar refractivity (Wildman–Crippen MR) is 48.2 cm³/mol. The highest BCUT2D eigenvalue weighted by Crippen LogP contribution is 2.25. The summed E-state index contributed by atoms with van der Waals surface area (Å²) >= 11 is 1.09. The molecule has 1 heterocycles. The molecule has 0 radical (unpaired) electrons. The normalized spacial score (nSPS) is 10.5. The van der Waals surface area contributed by atoms with Crippen LogP contribution in [0.15, 0.2) is 18.2 Å². The van der Waals surface area contributed by atoms with Crippen molar-refractivity contribution < 1.29 is 15.0 Å². The first-order chi connectivity index (χ1) is 6.16. The third-order valence-corrected chi connectivity index (χ3v) is 2.58. The van der Waals surface area contributed by atoms with Crippen molar-refractivity contribution in [2.75, 3.05) is 0 Å². The molecule has 0 amide bonds. The lowest BCUT2D eigenvalue weighted by Gasteiger charge is -1.87. The molecule has 4 nitrogen and oxygen atoms in total. The first-order valence-electron chi connectivity index (χ1n) is 3.49. The summed E-state index contributed by atoms with van der Waals surface area (Å²) in [6, 6.07) is 4.60. The summed E-state index contributed by atoms with van der Waals surface area (Å²) in [6.45, 7) is 0. The molecule has 0 saturated carbocycles. The molecular weight excluding hydrogens is 190 g/mol. The summed E-state index contributed by atoms with van der Waals surface area (Å²) in [6.07, 6.45) is 0. The molecule has 13 heavy (non-hydrogen) atoms. The van der Waals surface area contributed by atoms with Gasteiger partial charge in [-0.15, -0.1) is 11.3 Å². The second-order valence-corrected chi connectivity index (χ2v) is 3.51. The van der Waals surface area contributed by atoms with E-state index < -0.39 is 5.97 Å². The van der Waals surface area contributed by atoms with Crippen molar-refractivity contribution in [1.29, 1.82) is 0 Å². The van der Waals surface area contributed by atoms with Gasteiger partial charge >= 0.3 is 5.97 Å². The molecule has 2 N–H and O–H groups in total. The number of phenolic OH excluding ortho intramolecular Hbond substituents is 1. The number of aromatic nitrogens is 1. The van der Waals surface area contributed by atoms with E-state index in [1.165, 1.54) is 12.1 Å². The minimum absolute atomic E-state index is 0.0422. The van der Waals surface area contributed by atoms with Gasteiger partial charge in [-0.2, -0.15) is 0 Å². The molecule has 2 rings (SSSR count). The van der Waals surface area contributed by atoms with E-state index in [2.05, 4.69) is 4.98 Å². The zero-order valence-corrected chi connectivity index (χ0v) is 7.21. The van der Waals surface area contributed by atoms with Crippen molar-refractivity contribution in [3.05, 3.63) is 23.2 Å². The molecule has 0 saturated heterocycles. The van der Waals surface area contributed by atoms with E-state index in [1.54, 1.807) is 6.07 Å². The number of carboxylic acid groups (broad SMARTS) is 1. The van der Waals surface area contributed by atoms with Gasteiger partial charge in [-0.1, -0.05) is 0 Å². The molecule has 2 aromatic rings. The summed E-state index contributed by atoms with van der Waals surface area (Å²) in [5.41, 5.74) is 0.516. The predicted octanol–water partition coefficient (Wildman–Crippen LogP) is 1.70. The van der Waals surface area contributed by atoms with Crippen LogP contribution in [0.4, 0.5) is 0 Å². The number of carboxylic acids is 1. The number of hydrogen-bond donors (Lipinski definition) is 2. The second kappa shape index (κ2) is 2.70. The van der Waals surface area contributed by atoms with E-state index in [1.807, 2.05) is 0 Å². The lowest BCUT2D eigenvalue weighted by atomic mass is 10.3. The Labute approximate surface area is 77.1 Å². The average molecular weight is 195 g/mol. The first-order valence-corrected chi connectivity index (χ1v) is 4.31. The van der Waals surface area contributed by atoms with Crippen molar-refractivity contribution >= 4 is 27.5 Å². The number of fused-ring (bicyclic) bond motifs is 1. The molecule has 1 aromatic heterocycles. The van der Waals surface area contributed by atoms with Gasteiger partial charge in [0.1, 0.15) is 5.75 Å². The third kappa shape index (κ3) is 1.33. The van der Waals surface area contributed by atoms with Gasteiger partial charge in [-0.25, -0.2) is 9.78 Å². The van der Waals surface area contributed by atoms with Gasteiger partial charge in [0, 0.05) is 6.07 Å². The summed E-state index contributed by atoms with van der Waals surface area (Å²) in [7, 11) is 0. The van der Waals surface area contributed by atoms with Crippen LogP contribution in [0.1, 0.15) is 9.80 Å². The highest BCUT2D eigenvalue weighted by atomic mass is 32.1. The lowest BCUT2D eigenvalue weighted by Crippen LogP contribution is -1.93. The summed E-state index contributed by atoms with van der Waals surface area (Å²) in [5.74, 6) is -0.949. The summed E-state index contributed by atoms with van der Waals surface area (Å²) in [5, 5.41) is 17.8. The third-order valence-electron chi connectivity index (χ3n) is 1.55. The maximum Gasteiger partial charge on any atom is 0.365 e. The summed E-state index contributed by atoms with van der Waals surface area (Å²) in [4.78, 5) is 14.4. The van der Waals surface area contributed by atoms with Gasteiger partial charge in [-0.3, -0.25) is 0 Å². The molecule has 0 aliphatic heterocycles. The van der Waals surface area contributed by atoms with Crippen LogP contribution in [0.5, 0.6) is 5.75 Å². The molecule has 0 fully saturated rings. The average Bonchev–Trinajstić information content (AvgIpc) is 2.46. The topological polar surface area (TPSA) is 70.4 Å². The van der Waals surface area contributed by atoms with Crippen LogP contribution in [-0.4, -0.2) is 21.2 Å². The fourth-order valence-electron chi connectivity index (χ4n) is 1.01. The number of carbonyl (C=O) groups is 1. The largest absolute Gasteiger partial charge is 0.508 e. The number of hydrogen-bond acceptors (Lipinski definition) is 4. The number of thiazole rings is 1. The van der Waals surface area contributed by atoms with E-state index in [0.717, 1.165) is 16.0 Å². The van der Waals surface area contributed by atoms with Gasteiger partial charge < -0.3 is 10.2 Å². The fraction of sp³-hybridized carbons (Fsp3) is 0. The molecule has 0 atom stereocenters. The Hall–Kier alpha value is -1.62. The van der Waals surface area contributed by atoms with Crippen molar-refractivity contribution in [1.82, 2.24) is 4.98 Å². The molecule has 5 heteroatoms. The van der Waals surface area contributed by atoms with Gasteiger partial charge in [0.05, 0.1) is 10.2 Å². The van der Waals surface area contributed by atoms with Crippen molar-refractivity contribution in [3.8, 4) is 5.75 Å². The zero-order chi connectivity index (χ0) is 9.42. The number of nitrogens with zero attached hydrogens (tertiary/aromatic N) is 1. The standard InChI is InChI=1S/C8H5NO3S/c10-4-1-2-6-5(3-4)9-7(13-6)8(11)12/h1-3,10H,(H,11,12). The number of aromatic hydroxyl groups is 1. The van der Waals surface area contributed by atoms with Gasteiger partial charge in [0.15, 0.2) is 0 Å². The van der Waals surface area contributed by atoms with Crippen LogP contribution in [0.3, 0.4) is 0 Å². The molecule has 0 bridgehead atoms. The van der Waals surface area contributed by atoms with Crippen molar-refractivity contribution in [3.63, 3.8) is 0 Å². The van der Waals surface area contributed by atoms with Gasteiger partial charge in [0.2, 0.25) is 5.01 Å². The molecule has 0 unspecified atom stereocenters. The van der Waals surface area contributed by atoms with Crippen LogP contribution >= 0.6 is 11.3 Å². The minimum atomic E-state index is -1.04. The Balaban J connectivity index is 2.68. The molecule has 0 aliphatic rings. The van der Waals surface area contributed by atoms with Crippen molar-refractivity contribution in [2.24, 2.45) is 0 Å². The van der Waals surface area contributed by atoms with Crippen molar-refractivity contribution in [2.45, 2.75) is 0 Å². The van der Waals surface area contributed by atoms with E-state index in [0.29, 0.717) is 5.52 Å². The monoisotopic (exact) mass is 195 g/mol. The summed E-state index contributed by atoms with van der Waals surface area (Å²) < 4.78 is 0.759. The van der Waals surface area contributed by atoms with Crippen LogP contribution in [-0.2, 0) is 0 Å².